The highest BCUT2D eigenvalue weighted by Gasteiger charge is 2.12. The van der Waals surface area contributed by atoms with Gasteiger partial charge in [0, 0.05) is 18.2 Å². The van der Waals surface area contributed by atoms with E-state index in [9.17, 15) is 9.59 Å². The fourth-order valence-corrected chi connectivity index (χ4v) is 3.10. The fraction of sp³-hybridized carbons (Fsp3) is 0.880. The third kappa shape index (κ3) is 28.8. The van der Waals surface area contributed by atoms with Crippen LogP contribution >= 0.6 is 11.8 Å². The van der Waals surface area contributed by atoms with Crippen molar-refractivity contribution >= 4 is 30.0 Å². The first-order valence-corrected chi connectivity index (χ1v) is 13.7. The van der Waals surface area contributed by atoms with Crippen LogP contribution in [0.2, 0.25) is 0 Å². The van der Waals surface area contributed by atoms with Crippen LogP contribution in [0.5, 0.6) is 0 Å². The average Bonchev–Trinajstić information content (AvgIpc) is 2.76. The SMILES string of the molecule is CCCCCCCCCCCCCCCCCC(=O)O.CNC(=O)O/N=C/C(C)(C)SC. The number of carbonyl (C=O) groups is 2. The van der Waals surface area contributed by atoms with Crippen molar-refractivity contribution in [3.63, 3.8) is 0 Å². The maximum absolute atomic E-state index is 10.5. The zero-order chi connectivity index (χ0) is 24.5. The van der Waals surface area contributed by atoms with E-state index in [1.54, 1.807) is 18.0 Å². The molecule has 0 aliphatic heterocycles. The molecule has 0 rings (SSSR count). The van der Waals surface area contributed by atoms with Gasteiger partial charge in [0.2, 0.25) is 0 Å². The van der Waals surface area contributed by atoms with Crippen LogP contribution in [0.25, 0.3) is 0 Å². The molecule has 0 unspecified atom stereocenters. The lowest BCUT2D eigenvalue weighted by atomic mass is 10.0. The zero-order valence-corrected chi connectivity index (χ0v) is 22.2. The second-order valence-corrected chi connectivity index (χ2v) is 10.2. The molecular formula is C25H50N2O4S. The molecule has 0 spiro atoms. The quantitative estimate of drug-likeness (QED) is 0.0862. The number of aliphatic carboxylic acids is 1. The van der Waals surface area contributed by atoms with Crippen molar-refractivity contribution in [2.45, 2.75) is 128 Å². The molecule has 0 aromatic carbocycles. The molecule has 190 valence electrons. The number of carboxylic acids is 1. The summed E-state index contributed by atoms with van der Waals surface area (Å²) in [7, 11) is 1.48. The monoisotopic (exact) mass is 474 g/mol. The third-order valence-corrected chi connectivity index (χ3v) is 6.38. The van der Waals surface area contributed by atoms with E-state index in [0.717, 1.165) is 12.8 Å². The Bertz CT molecular complexity index is 471. The van der Waals surface area contributed by atoms with Crippen molar-refractivity contribution in [1.29, 1.82) is 0 Å². The molecule has 6 nitrogen and oxygen atoms in total. The Balaban J connectivity index is 0. The Hall–Kier alpha value is -1.24. The highest BCUT2D eigenvalue weighted by atomic mass is 32.2. The highest BCUT2D eigenvalue weighted by molar-refractivity contribution is 8.00. The van der Waals surface area contributed by atoms with Crippen molar-refractivity contribution in [2.24, 2.45) is 5.16 Å². The van der Waals surface area contributed by atoms with E-state index in [1.165, 1.54) is 90.5 Å². The Morgan fingerprint density at radius 3 is 1.62 bits per heavy atom. The molecule has 0 aliphatic carbocycles. The second kappa shape index (κ2) is 24.4. The van der Waals surface area contributed by atoms with E-state index in [4.69, 9.17) is 5.11 Å². The van der Waals surface area contributed by atoms with Crippen LogP contribution in [0.1, 0.15) is 124 Å². The maximum atomic E-state index is 10.5. The second-order valence-electron chi connectivity index (χ2n) is 8.76. The van der Waals surface area contributed by atoms with E-state index in [0.29, 0.717) is 6.42 Å². The van der Waals surface area contributed by atoms with E-state index in [1.807, 2.05) is 20.1 Å². The van der Waals surface area contributed by atoms with E-state index < -0.39 is 12.1 Å². The number of nitrogens with one attached hydrogen (secondary N) is 1. The summed E-state index contributed by atoms with van der Waals surface area (Å²) in [6.07, 6.45) is 23.2. The fourth-order valence-electron chi connectivity index (χ4n) is 2.95. The van der Waals surface area contributed by atoms with Crippen molar-refractivity contribution in [2.75, 3.05) is 13.3 Å². The lowest BCUT2D eigenvalue weighted by Gasteiger charge is -2.13. The van der Waals surface area contributed by atoms with Gasteiger partial charge in [-0.1, -0.05) is 102 Å². The van der Waals surface area contributed by atoms with Gasteiger partial charge in [0.15, 0.2) is 0 Å². The van der Waals surface area contributed by atoms with Gasteiger partial charge in [0.05, 0.1) is 6.21 Å². The van der Waals surface area contributed by atoms with E-state index in [2.05, 4.69) is 22.2 Å². The van der Waals surface area contributed by atoms with Gasteiger partial charge in [-0.05, 0) is 26.5 Å². The normalized spacial score (nSPS) is 11.2. The molecule has 7 heteroatoms. The first-order chi connectivity index (χ1) is 15.3. The van der Waals surface area contributed by atoms with Gasteiger partial charge < -0.3 is 10.4 Å². The van der Waals surface area contributed by atoms with Crippen LogP contribution in [0.4, 0.5) is 4.79 Å². The predicted molar refractivity (Wildman–Crippen MR) is 139 cm³/mol. The smallest absolute Gasteiger partial charge is 0.433 e. The number of carbonyl (C=O) groups excluding carboxylic acids is 1. The molecule has 0 atom stereocenters. The summed E-state index contributed by atoms with van der Waals surface area (Å²) in [5, 5.41) is 14.3. The van der Waals surface area contributed by atoms with Gasteiger partial charge in [-0.3, -0.25) is 9.63 Å². The summed E-state index contributed by atoms with van der Waals surface area (Å²) in [6.45, 7) is 6.23. The largest absolute Gasteiger partial charge is 0.481 e. The molecule has 0 aliphatic rings. The third-order valence-electron chi connectivity index (χ3n) is 5.22. The summed E-state index contributed by atoms with van der Waals surface area (Å²) < 4.78 is -0.103. The number of hydrogen-bond donors (Lipinski definition) is 2. The predicted octanol–water partition coefficient (Wildman–Crippen LogP) is 7.80. The van der Waals surface area contributed by atoms with Crippen molar-refractivity contribution in [3.8, 4) is 0 Å². The molecule has 0 aromatic rings. The van der Waals surface area contributed by atoms with Gasteiger partial charge in [0.1, 0.15) is 0 Å². The van der Waals surface area contributed by atoms with Crippen LogP contribution in [-0.4, -0.2) is 41.4 Å². The number of thioether (sulfide) groups is 1. The van der Waals surface area contributed by atoms with Gasteiger partial charge in [-0.2, -0.15) is 11.8 Å². The number of rotatable bonds is 19. The lowest BCUT2D eigenvalue weighted by Crippen LogP contribution is -2.19. The molecule has 32 heavy (non-hydrogen) atoms. The first kappa shape index (κ1) is 32.9. The maximum Gasteiger partial charge on any atom is 0.433 e. The Morgan fingerprint density at radius 1 is 0.875 bits per heavy atom. The molecule has 0 fully saturated rings. The lowest BCUT2D eigenvalue weighted by molar-refractivity contribution is -0.137. The molecule has 1 amide bonds. The number of hydrogen-bond acceptors (Lipinski definition) is 5. The molecule has 0 heterocycles. The minimum atomic E-state index is -0.653. The van der Waals surface area contributed by atoms with Crippen molar-refractivity contribution < 1.29 is 19.5 Å². The Kier molecular flexibility index (Phi) is 25.1. The van der Waals surface area contributed by atoms with Crippen molar-refractivity contribution in [3.05, 3.63) is 0 Å². The minimum Gasteiger partial charge on any atom is -0.481 e. The average molecular weight is 475 g/mol. The summed E-state index contributed by atoms with van der Waals surface area (Å²) >= 11 is 1.63. The van der Waals surface area contributed by atoms with Crippen molar-refractivity contribution in [1.82, 2.24) is 5.32 Å². The van der Waals surface area contributed by atoms with E-state index in [-0.39, 0.29) is 4.75 Å². The number of carboxylic acid groups (broad SMARTS) is 1. The summed E-state index contributed by atoms with van der Waals surface area (Å²) in [6, 6.07) is 0. The molecule has 0 saturated heterocycles. The van der Waals surface area contributed by atoms with Gasteiger partial charge in [-0.15, -0.1) is 0 Å². The van der Waals surface area contributed by atoms with E-state index >= 15 is 0 Å². The highest BCUT2D eigenvalue weighted by Crippen LogP contribution is 2.18. The summed E-state index contributed by atoms with van der Waals surface area (Å²) in [4.78, 5) is 25.3. The van der Waals surface area contributed by atoms with Gasteiger partial charge in [0.25, 0.3) is 0 Å². The number of oxime groups is 1. The number of unbranched alkanes of at least 4 members (excludes halogenated alkanes) is 14. The van der Waals surface area contributed by atoms with Crippen LogP contribution in [-0.2, 0) is 9.63 Å². The molecule has 2 N–H and O–H groups in total. The molecule has 0 aromatic heterocycles. The van der Waals surface area contributed by atoms with Crippen LogP contribution in [0, 0.1) is 0 Å². The van der Waals surface area contributed by atoms with Gasteiger partial charge in [-0.25, -0.2) is 4.79 Å². The summed E-state index contributed by atoms with van der Waals surface area (Å²) in [5.41, 5.74) is 0. The molecule has 0 radical (unpaired) electrons. The van der Waals surface area contributed by atoms with Crippen LogP contribution in [0.15, 0.2) is 5.16 Å². The molecule has 0 bridgehead atoms. The summed E-state index contributed by atoms with van der Waals surface area (Å²) in [5.74, 6) is -0.653. The Labute approximate surface area is 201 Å². The standard InChI is InChI=1S/C18H36O2.C7H14N2O2S/c1-2-3-4-5-6-7-8-9-10-11-12-13-14-15-16-17-18(19)20;1-7(2,12-4)5-9-11-6(10)8-3/h2-17H2,1H3,(H,19,20);5H,1-4H3,(H,8,10)/b;9-5+. The zero-order valence-electron chi connectivity index (χ0n) is 21.4. The molecular weight excluding hydrogens is 424 g/mol. The van der Waals surface area contributed by atoms with Gasteiger partial charge >= 0.3 is 12.1 Å². The van der Waals surface area contributed by atoms with Crippen LogP contribution in [0.3, 0.4) is 0 Å². The number of amides is 1. The first-order valence-electron chi connectivity index (χ1n) is 12.5. The Morgan fingerprint density at radius 2 is 1.28 bits per heavy atom. The minimum absolute atomic E-state index is 0.103. The topological polar surface area (TPSA) is 88.0 Å². The number of nitrogens with zero attached hydrogens (tertiary/aromatic N) is 1. The van der Waals surface area contributed by atoms with Crippen LogP contribution < -0.4 is 5.32 Å². The molecule has 0 saturated carbocycles.